The first-order chi connectivity index (χ1) is 11.3. The number of hydrogen-bond acceptors (Lipinski definition) is 3. The molecule has 24 heavy (non-hydrogen) atoms. The molecule has 0 bridgehead atoms. The highest BCUT2D eigenvalue weighted by atomic mass is 19.4. The Hall–Kier alpha value is -2.09. The molecule has 0 saturated carbocycles. The molecule has 0 spiro atoms. The lowest BCUT2D eigenvalue weighted by Crippen LogP contribution is -2.41. The summed E-state index contributed by atoms with van der Waals surface area (Å²) in [6, 6.07) is 4.17. The third-order valence-electron chi connectivity index (χ3n) is 4.04. The maximum Gasteiger partial charge on any atom is 0.416 e. The first kappa shape index (κ1) is 18.3. The molecule has 2 N–H and O–H groups in total. The number of nitrogens with zero attached hydrogens (tertiary/aromatic N) is 1. The maximum atomic E-state index is 12.6. The van der Waals surface area contributed by atoms with Crippen LogP contribution < -0.4 is 10.6 Å². The van der Waals surface area contributed by atoms with Gasteiger partial charge in [0.1, 0.15) is 0 Å². The van der Waals surface area contributed by atoms with Crippen LogP contribution in [-0.4, -0.2) is 43.4 Å². The lowest BCUT2D eigenvalue weighted by atomic mass is 9.97. The van der Waals surface area contributed by atoms with E-state index in [1.54, 1.807) is 0 Å². The van der Waals surface area contributed by atoms with Crippen molar-refractivity contribution in [3.05, 3.63) is 29.8 Å². The summed E-state index contributed by atoms with van der Waals surface area (Å²) in [7, 11) is 2.03. The van der Waals surface area contributed by atoms with Crippen LogP contribution in [0.5, 0.6) is 0 Å². The molecule has 1 saturated heterocycles. The Labute approximate surface area is 138 Å². The van der Waals surface area contributed by atoms with Crippen LogP contribution in [-0.2, 0) is 15.8 Å². The molecule has 1 heterocycles. The summed E-state index contributed by atoms with van der Waals surface area (Å²) in [5.74, 6) is -1.50. The normalized spacial score (nSPS) is 16.7. The summed E-state index contributed by atoms with van der Waals surface area (Å²) >= 11 is 0. The van der Waals surface area contributed by atoms with E-state index in [0.717, 1.165) is 38.1 Å². The molecular formula is C16H20F3N3O2. The van der Waals surface area contributed by atoms with Crippen molar-refractivity contribution in [3.63, 3.8) is 0 Å². The van der Waals surface area contributed by atoms with Gasteiger partial charge >= 0.3 is 18.0 Å². The lowest BCUT2D eigenvalue weighted by Gasteiger charge is -2.28. The van der Waals surface area contributed by atoms with Crippen molar-refractivity contribution in [2.75, 3.05) is 32.0 Å². The van der Waals surface area contributed by atoms with Gasteiger partial charge in [-0.1, -0.05) is 6.07 Å². The highest BCUT2D eigenvalue weighted by Gasteiger charge is 2.30. The molecule has 1 aromatic carbocycles. The molecule has 1 fully saturated rings. The Balaban J connectivity index is 1.84. The molecule has 0 unspecified atom stereocenters. The van der Waals surface area contributed by atoms with E-state index in [1.165, 1.54) is 12.1 Å². The van der Waals surface area contributed by atoms with Crippen LogP contribution in [0.25, 0.3) is 0 Å². The average Bonchev–Trinajstić information content (AvgIpc) is 2.53. The van der Waals surface area contributed by atoms with Crippen molar-refractivity contribution in [2.45, 2.75) is 19.0 Å². The van der Waals surface area contributed by atoms with Crippen LogP contribution in [0.2, 0.25) is 0 Å². The quantitative estimate of drug-likeness (QED) is 0.827. The van der Waals surface area contributed by atoms with E-state index in [4.69, 9.17) is 0 Å². The molecule has 0 aliphatic carbocycles. The largest absolute Gasteiger partial charge is 0.416 e. The minimum atomic E-state index is -4.50. The van der Waals surface area contributed by atoms with Gasteiger partial charge < -0.3 is 15.5 Å². The number of likely N-dealkylation sites (tertiary alicyclic amines) is 1. The second-order valence-corrected chi connectivity index (χ2v) is 5.99. The highest BCUT2D eigenvalue weighted by molar-refractivity contribution is 6.39. The summed E-state index contributed by atoms with van der Waals surface area (Å²) in [6.45, 7) is 2.27. The second kappa shape index (κ2) is 7.65. The van der Waals surface area contributed by atoms with Gasteiger partial charge in [0.15, 0.2) is 0 Å². The van der Waals surface area contributed by atoms with Crippen LogP contribution >= 0.6 is 0 Å². The number of nitrogens with one attached hydrogen (secondary N) is 2. The molecule has 132 valence electrons. The zero-order valence-corrected chi connectivity index (χ0v) is 13.3. The third-order valence-corrected chi connectivity index (χ3v) is 4.04. The number of amides is 2. The van der Waals surface area contributed by atoms with Gasteiger partial charge in [0.2, 0.25) is 0 Å². The van der Waals surface area contributed by atoms with E-state index in [-0.39, 0.29) is 5.69 Å². The minimum Gasteiger partial charge on any atom is -0.348 e. The molecule has 0 atom stereocenters. The number of piperidine rings is 1. The summed E-state index contributed by atoms with van der Waals surface area (Å²) < 4.78 is 37.9. The Kier molecular flexibility index (Phi) is 5.82. The molecule has 2 amide bonds. The van der Waals surface area contributed by atoms with Crippen LogP contribution in [0.15, 0.2) is 24.3 Å². The van der Waals surface area contributed by atoms with Gasteiger partial charge in [0, 0.05) is 12.2 Å². The van der Waals surface area contributed by atoms with Gasteiger partial charge in [0.05, 0.1) is 5.56 Å². The molecule has 1 aromatic rings. The van der Waals surface area contributed by atoms with Gasteiger partial charge in [-0.25, -0.2) is 0 Å². The van der Waals surface area contributed by atoms with Crippen LogP contribution in [0.4, 0.5) is 18.9 Å². The third kappa shape index (κ3) is 5.23. The summed E-state index contributed by atoms with van der Waals surface area (Å²) in [5, 5.41) is 4.73. The zero-order valence-electron chi connectivity index (χ0n) is 13.3. The number of rotatable bonds is 3. The van der Waals surface area contributed by atoms with Gasteiger partial charge in [0.25, 0.3) is 0 Å². The molecule has 0 aromatic heterocycles. The number of hydrogen-bond donors (Lipinski definition) is 2. The summed E-state index contributed by atoms with van der Waals surface area (Å²) in [6.07, 6.45) is -2.63. The molecule has 1 aliphatic rings. The van der Waals surface area contributed by atoms with E-state index >= 15 is 0 Å². The Morgan fingerprint density at radius 1 is 1.21 bits per heavy atom. The van der Waals surface area contributed by atoms with Crippen LogP contribution in [0, 0.1) is 5.92 Å². The Morgan fingerprint density at radius 3 is 2.50 bits per heavy atom. The molecule has 0 radical (unpaired) electrons. The zero-order chi connectivity index (χ0) is 17.7. The number of anilines is 1. The monoisotopic (exact) mass is 343 g/mol. The minimum absolute atomic E-state index is 0.0655. The fourth-order valence-electron chi connectivity index (χ4n) is 2.54. The second-order valence-electron chi connectivity index (χ2n) is 5.99. The van der Waals surface area contributed by atoms with Crippen molar-refractivity contribution in [1.82, 2.24) is 10.2 Å². The number of benzene rings is 1. The highest BCUT2D eigenvalue weighted by Crippen LogP contribution is 2.30. The van der Waals surface area contributed by atoms with Crippen molar-refractivity contribution in [2.24, 2.45) is 5.92 Å². The predicted molar refractivity (Wildman–Crippen MR) is 83.3 cm³/mol. The molecule has 1 aliphatic heterocycles. The lowest BCUT2D eigenvalue weighted by molar-refractivity contribution is -0.137. The SMILES string of the molecule is CN1CCC(CNC(=O)C(=O)Nc2cccc(C(F)(F)F)c2)CC1. The first-order valence-corrected chi connectivity index (χ1v) is 7.70. The van der Waals surface area contributed by atoms with E-state index in [0.29, 0.717) is 12.5 Å². The number of alkyl halides is 3. The first-order valence-electron chi connectivity index (χ1n) is 7.70. The standard InChI is InChI=1S/C16H20F3N3O2/c1-22-7-5-11(6-8-22)10-20-14(23)15(24)21-13-4-2-3-12(9-13)16(17,18)19/h2-4,9,11H,5-8,10H2,1H3,(H,20,23)(H,21,24). The van der Waals surface area contributed by atoms with Crippen molar-refractivity contribution in [1.29, 1.82) is 0 Å². The summed E-state index contributed by atoms with van der Waals surface area (Å²) in [4.78, 5) is 25.8. The molecule has 8 heteroatoms. The fourth-order valence-corrected chi connectivity index (χ4v) is 2.54. The van der Waals surface area contributed by atoms with E-state index in [1.807, 2.05) is 7.05 Å². The molecule has 2 rings (SSSR count). The Bertz CT molecular complexity index is 596. The van der Waals surface area contributed by atoms with Gasteiger partial charge in [-0.15, -0.1) is 0 Å². The van der Waals surface area contributed by atoms with Gasteiger partial charge in [-0.05, 0) is 57.1 Å². The van der Waals surface area contributed by atoms with Crippen molar-refractivity contribution in [3.8, 4) is 0 Å². The topological polar surface area (TPSA) is 61.4 Å². The number of carbonyl (C=O) groups is 2. The molecule has 5 nitrogen and oxygen atoms in total. The van der Waals surface area contributed by atoms with Gasteiger partial charge in [-0.3, -0.25) is 9.59 Å². The van der Waals surface area contributed by atoms with Gasteiger partial charge in [-0.2, -0.15) is 13.2 Å². The van der Waals surface area contributed by atoms with E-state index in [9.17, 15) is 22.8 Å². The summed E-state index contributed by atoms with van der Waals surface area (Å²) in [5.41, 5.74) is -0.948. The number of halogens is 3. The van der Waals surface area contributed by atoms with Crippen LogP contribution in [0.1, 0.15) is 18.4 Å². The Morgan fingerprint density at radius 2 is 1.88 bits per heavy atom. The number of carbonyl (C=O) groups excluding carboxylic acids is 2. The molecular weight excluding hydrogens is 323 g/mol. The van der Waals surface area contributed by atoms with Crippen LogP contribution in [0.3, 0.4) is 0 Å². The van der Waals surface area contributed by atoms with E-state index < -0.39 is 23.6 Å². The predicted octanol–water partition coefficient (Wildman–Crippen LogP) is 2.10. The smallest absolute Gasteiger partial charge is 0.348 e. The fraction of sp³-hybridized carbons (Fsp3) is 0.500. The van der Waals surface area contributed by atoms with E-state index in [2.05, 4.69) is 15.5 Å². The maximum absolute atomic E-state index is 12.6. The average molecular weight is 343 g/mol. The van der Waals surface area contributed by atoms with Crippen molar-refractivity contribution >= 4 is 17.5 Å². The van der Waals surface area contributed by atoms with Crippen molar-refractivity contribution < 1.29 is 22.8 Å².